The van der Waals surface area contributed by atoms with Crippen LogP contribution in [0, 0.1) is 13.8 Å². The van der Waals surface area contributed by atoms with E-state index in [-0.39, 0.29) is 11.4 Å². The van der Waals surface area contributed by atoms with Gasteiger partial charge in [-0.3, -0.25) is 4.68 Å². The maximum atomic E-state index is 12.6. The molecule has 1 unspecified atom stereocenters. The van der Waals surface area contributed by atoms with Crippen LogP contribution in [-0.2, 0) is 24.1 Å². The summed E-state index contributed by atoms with van der Waals surface area (Å²) in [5.74, 6) is 0. The number of nitrogens with zero attached hydrogens (tertiary/aromatic N) is 3. The summed E-state index contributed by atoms with van der Waals surface area (Å²) < 4.78 is 31.1. The van der Waals surface area contributed by atoms with Crippen LogP contribution in [0.25, 0.3) is 10.9 Å². The van der Waals surface area contributed by atoms with Crippen LogP contribution in [0.5, 0.6) is 0 Å². The summed E-state index contributed by atoms with van der Waals surface area (Å²) in [6.07, 6.45) is 1.01. The maximum Gasteiger partial charge on any atom is 0.244 e. The molecular formula is C17H22N4O3S. The van der Waals surface area contributed by atoms with Gasteiger partial charge < -0.3 is 9.67 Å². The van der Waals surface area contributed by atoms with Crippen LogP contribution in [0.1, 0.15) is 23.1 Å². The van der Waals surface area contributed by atoms with Crippen LogP contribution in [0.2, 0.25) is 0 Å². The first kappa shape index (κ1) is 17.7. The number of rotatable bonds is 5. The van der Waals surface area contributed by atoms with Gasteiger partial charge >= 0.3 is 0 Å². The molecule has 0 aliphatic heterocycles. The minimum Gasteiger partial charge on any atom is -0.387 e. The Morgan fingerprint density at radius 3 is 2.60 bits per heavy atom. The largest absolute Gasteiger partial charge is 0.387 e. The lowest BCUT2D eigenvalue weighted by atomic mass is 10.1. The number of aliphatic hydroxyl groups excluding tert-OH is 1. The molecule has 0 fully saturated rings. The van der Waals surface area contributed by atoms with Crippen molar-refractivity contribution < 1.29 is 13.5 Å². The summed E-state index contributed by atoms with van der Waals surface area (Å²) >= 11 is 0. The van der Waals surface area contributed by atoms with Gasteiger partial charge in [0.25, 0.3) is 0 Å². The van der Waals surface area contributed by atoms with E-state index in [0.29, 0.717) is 17.0 Å². The van der Waals surface area contributed by atoms with Gasteiger partial charge in [-0.15, -0.1) is 0 Å². The SMILES string of the molecule is Cc1nn(C)c(C)c1S(=O)(=O)NCC(O)c1ccc2c(ccn2C)c1. The predicted molar refractivity (Wildman–Crippen MR) is 95.7 cm³/mol. The molecule has 7 nitrogen and oxygen atoms in total. The van der Waals surface area contributed by atoms with Crippen molar-refractivity contribution in [2.45, 2.75) is 24.8 Å². The summed E-state index contributed by atoms with van der Waals surface area (Å²) in [6, 6.07) is 7.55. The predicted octanol–water partition coefficient (Wildman–Crippen LogP) is 1.54. The van der Waals surface area contributed by atoms with Crippen molar-refractivity contribution in [1.29, 1.82) is 0 Å². The molecule has 0 aliphatic rings. The number of hydrogen-bond acceptors (Lipinski definition) is 4. The summed E-state index contributed by atoms with van der Waals surface area (Å²) in [7, 11) is -0.0905. The van der Waals surface area contributed by atoms with Crippen LogP contribution in [0.4, 0.5) is 0 Å². The van der Waals surface area contributed by atoms with Crippen LogP contribution in [0.3, 0.4) is 0 Å². The Balaban J connectivity index is 1.79. The molecule has 1 aromatic carbocycles. The number of sulfonamides is 1. The molecule has 0 aliphatic carbocycles. The fraction of sp³-hybridized carbons (Fsp3) is 0.353. The van der Waals surface area contributed by atoms with Gasteiger partial charge in [-0.2, -0.15) is 5.10 Å². The van der Waals surface area contributed by atoms with Crippen molar-refractivity contribution in [2.75, 3.05) is 6.54 Å². The molecule has 0 saturated heterocycles. The lowest BCUT2D eigenvalue weighted by Crippen LogP contribution is -2.29. The Hall–Kier alpha value is -2.16. The fourth-order valence-corrected chi connectivity index (χ4v) is 4.50. The zero-order valence-corrected chi connectivity index (χ0v) is 15.5. The molecule has 2 aromatic heterocycles. The zero-order chi connectivity index (χ0) is 18.4. The van der Waals surface area contributed by atoms with Gasteiger partial charge in [-0.25, -0.2) is 13.1 Å². The monoisotopic (exact) mass is 362 g/mol. The van der Waals surface area contributed by atoms with E-state index in [9.17, 15) is 13.5 Å². The molecule has 0 radical (unpaired) electrons. The molecule has 0 spiro atoms. The minimum atomic E-state index is -3.74. The van der Waals surface area contributed by atoms with E-state index in [2.05, 4.69) is 9.82 Å². The van der Waals surface area contributed by atoms with Crippen molar-refractivity contribution in [3.63, 3.8) is 0 Å². The van der Waals surface area contributed by atoms with E-state index >= 15 is 0 Å². The Kier molecular flexibility index (Phi) is 4.44. The van der Waals surface area contributed by atoms with E-state index in [1.54, 1.807) is 20.9 Å². The van der Waals surface area contributed by atoms with E-state index in [1.807, 2.05) is 42.1 Å². The van der Waals surface area contributed by atoms with E-state index in [4.69, 9.17) is 0 Å². The topological polar surface area (TPSA) is 89.2 Å². The van der Waals surface area contributed by atoms with Gasteiger partial charge in [0.05, 0.1) is 17.5 Å². The summed E-state index contributed by atoms with van der Waals surface area (Å²) in [4.78, 5) is 0.167. The number of aromatic nitrogens is 3. The Morgan fingerprint density at radius 1 is 1.24 bits per heavy atom. The van der Waals surface area contributed by atoms with Gasteiger partial charge in [0, 0.05) is 32.4 Å². The van der Waals surface area contributed by atoms with Crippen molar-refractivity contribution in [3.05, 3.63) is 47.4 Å². The van der Waals surface area contributed by atoms with Crippen molar-refractivity contribution in [3.8, 4) is 0 Å². The minimum absolute atomic E-state index is 0.103. The molecule has 0 saturated carbocycles. The third-order valence-electron chi connectivity index (χ3n) is 4.47. The molecule has 3 rings (SSSR count). The zero-order valence-electron chi connectivity index (χ0n) is 14.7. The van der Waals surface area contributed by atoms with Gasteiger partial charge in [0.1, 0.15) is 4.90 Å². The number of aliphatic hydroxyl groups is 1. The van der Waals surface area contributed by atoms with Crippen molar-refractivity contribution >= 4 is 20.9 Å². The maximum absolute atomic E-state index is 12.6. The highest BCUT2D eigenvalue weighted by Gasteiger charge is 2.24. The highest BCUT2D eigenvalue weighted by Crippen LogP contribution is 2.22. The number of fused-ring (bicyclic) bond motifs is 1. The second-order valence-corrected chi connectivity index (χ2v) is 7.94. The number of benzene rings is 1. The number of hydrogen-bond donors (Lipinski definition) is 2. The molecule has 2 N–H and O–H groups in total. The normalized spacial score (nSPS) is 13.5. The first-order valence-electron chi connectivity index (χ1n) is 7.93. The summed E-state index contributed by atoms with van der Waals surface area (Å²) in [6.45, 7) is 3.25. The van der Waals surface area contributed by atoms with Gasteiger partial charge in [0.15, 0.2) is 0 Å². The quantitative estimate of drug-likeness (QED) is 0.720. The highest BCUT2D eigenvalue weighted by atomic mass is 32.2. The van der Waals surface area contributed by atoms with Crippen LogP contribution >= 0.6 is 0 Å². The van der Waals surface area contributed by atoms with E-state index in [1.165, 1.54) is 4.68 Å². The molecule has 0 bridgehead atoms. The lowest BCUT2D eigenvalue weighted by molar-refractivity contribution is 0.182. The Labute approximate surface area is 146 Å². The number of aryl methyl sites for hydroxylation is 3. The molecular weight excluding hydrogens is 340 g/mol. The molecule has 25 heavy (non-hydrogen) atoms. The average Bonchev–Trinajstić information content (AvgIpc) is 3.05. The van der Waals surface area contributed by atoms with Gasteiger partial charge in [0.2, 0.25) is 10.0 Å². The van der Waals surface area contributed by atoms with E-state index in [0.717, 1.165) is 10.9 Å². The molecule has 0 amide bonds. The smallest absolute Gasteiger partial charge is 0.244 e. The van der Waals surface area contributed by atoms with Gasteiger partial charge in [-0.1, -0.05) is 6.07 Å². The third kappa shape index (κ3) is 3.20. The second-order valence-electron chi connectivity index (χ2n) is 6.24. The molecule has 2 heterocycles. The molecule has 1 atom stereocenters. The first-order valence-corrected chi connectivity index (χ1v) is 9.42. The van der Waals surface area contributed by atoms with Crippen LogP contribution in [-0.4, -0.2) is 34.4 Å². The summed E-state index contributed by atoms with van der Waals surface area (Å²) in [5.41, 5.74) is 2.72. The van der Waals surface area contributed by atoms with E-state index < -0.39 is 16.1 Å². The average molecular weight is 362 g/mol. The molecule has 8 heteroatoms. The first-order chi connectivity index (χ1) is 11.7. The van der Waals surface area contributed by atoms with Crippen LogP contribution < -0.4 is 4.72 Å². The fourth-order valence-electron chi connectivity index (χ4n) is 3.03. The second kappa shape index (κ2) is 6.29. The van der Waals surface area contributed by atoms with Crippen LogP contribution in [0.15, 0.2) is 35.4 Å². The Morgan fingerprint density at radius 2 is 1.96 bits per heavy atom. The Bertz CT molecular complexity index is 1030. The van der Waals surface area contributed by atoms with Crippen molar-refractivity contribution in [2.24, 2.45) is 14.1 Å². The number of nitrogens with one attached hydrogen (secondary N) is 1. The third-order valence-corrected chi connectivity index (χ3v) is 6.15. The molecule has 3 aromatic rings. The molecule has 134 valence electrons. The van der Waals surface area contributed by atoms with Crippen molar-refractivity contribution in [1.82, 2.24) is 19.1 Å². The van der Waals surface area contributed by atoms with Gasteiger partial charge in [-0.05, 0) is 43.0 Å². The summed E-state index contributed by atoms with van der Waals surface area (Å²) in [5, 5.41) is 15.5. The standard InChI is InChI=1S/C17H22N4O3S/c1-11-17(12(2)21(4)19-11)25(23,24)18-10-16(22)14-5-6-15-13(9-14)7-8-20(15)3/h5-9,16,18,22H,10H2,1-4H3. The highest BCUT2D eigenvalue weighted by molar-refractivity contribution is 7.89. The lowest BCUT2D eigenvalue weighted by Gasteiger charge is -2.13.